The number of aromatic nitrogens is 3. The van der Waals surface area contributed by atoms with Crippen LogP contribution in [0.5, 0.6) is 0 Å². The zero-order valence-corrected chi connectivity index (χ0v) is 33.9. The lowest BCUT2D eigenvalue weighted by Gasteiger charge is -2.22. The molecular formula is C39H47N11O4S2. The van der Waals surface area contributed by atoms with Crippen molar-refractivity contribution in [1.29, 1.82) is 0 Å². The Morgan fingerprint density at radius 2 is 1.14 bits per heavy atom. The lowest BCUT2D eigenvalue weighted by atomic mass is 10.2. The summed E-state index contributed by atoms with van der Waals surface area (Å²) in [6.45, 7) is 15.1. The Balaban J connectivity index is 1.58. The lowest BCUT2D eigenvalue weighted by molar-refractivity contribution is 0.322. The zero-order valence-electron chi connectivity index (χ0n) is 32.3. The van der Waals surface area contributed by atoms with Gasteiger partial charge in [-0.25, -0.2) is 0 Å². The minimum atomic E-state index is -4.44. The van der Waals surface area contributed by atoms with Gasteiger partial charge in [0.25, 0.3) is 10.1 Å². The summed E-state index contributed by atoms with van der Waals surface area (Å²) in [5, 5.41) is 34.7. The van der Waals surface area contributed by atoms with Crippen molar-refractivity contribution >= 4 is 79.3 Å². The highest BCUT2D eigenvalue weighted by Crippen LogP contribution is 2.37. The molecule has 56 heavy (non-hydrogen) atoms. The third-order valence-corrected chi connectivity index (χ3v) is 10.4. The molecule has 0 aliphatic heterocycles. The van der Waals surface area contributed by atoms with Crippen molar-refractivity contribution in [2.24, 2.45) is 20.5 Å². The van der Waals surface area contributed by atoms with Crippen LogP contribution in [0.1, 0.15) is 38.8 Å². The van der Waals surface area contributed by atoms with Gasteiger partial charge in [-0.3, -0.25) is 4.55 Å². The summed E-state index contributed by atoms with van der Waals surface area (Å²) in [5.74, 6) is 0.783. The topological polar surface area (TPSA) is 193 Å². The Hall–Kier alpha value is -5.49. The maximum Gasteiger partial charge on any atom is 0.294 e. The molecule has 4 aromatic carbocycles. The molecule has 15 nitrogen and oxygen atoms in total. The fourth-order valence-corrected chi connectivity index (χ4v) is 6.73. The van der Waals surface area contributed by atoms with E-state index in [1.807, 2.05) is 61.5 Å². The molecule has 1 aromatic heterocycles. The molecule has 0 aliphatic carbocycles. The highest BCUT2D eigenvalue weighted by Gasteiger charge is 2.16. The third kappa shape index (κ3) is 10.8. The third-order valence-electron chi connectivity index (χ3n) is 8.77. The van der Waals surface area contributed by atoms with E-state index < -0.39 is 10.1 Å². The Labute approximate surface area is 332 Å². The number of nitrogens with zero attached hydrogens (tertiary/aromatic N) is 9. The van der Waals surface area contributed by atoms with Gasteiger partial charge in [-0.15, -0.1) is 10.2 Å². The second-order valence-corrected chi connectivity index (χ2v) is 14.9. The number of rotatable bonds is 18. The molecule has 0 saturated carbocycles. The molecule has 0 saturated heterocycles. The van der Waals surface area contributed by atoms with Crippen molar-refractivity contribution in [2.75, 3.05) is 59.0 Å². The maximum absolute atomic E-state index is 11.8. The average molecular weight is 798 g/mol. The molecule has 294 valence electrons. The predicted molar refractivity (Wildman–Crippen MR) is 225 cm³/mol. The highest BCUT2D eigenvalue weighted by molar-refractivity contribution is 7.99. The van der Waals surface area contributed by atoms with Crippen molar-refractivity contribution in [3.05, 3.63) is 90.0 Å². The van der Waals surface area contributed by atoms with Gasteiger partial charge >= 0.3 is 0 Å². The number of nitrogens with one attached hydrogen (secondary N) is 2. The van der Waals surface area contributed by atoms with E-state index in [0.717, 1.165) is 48.8 Å². The Kier molecular flexibility index (Phi) is 14.4. The van der Waals surface area contributed by atoms with Crippen LogP contribution in [0.3, 0.4) is 0 Å². The van der Waals surface area contributed by atoms with E-state index in [1.54, 1.807) is 19.1 Å². The van der Waals surface area contributed by atoms with E-state index in [0.29, 0.717) is 39.2 Å². The first-order chi connectivity index (χ1) is 27.0. The smallest absolute Gasteiger partial charge is 0.294 e. The molecule has 0 radical (unpaired) electrons. The zero-order chi connectivity index (χ0) is 40.2. The second-order valence-electron chi connectivity index (χ2n) is 12.4. The summed E-state index contributed by atoms with van der Waals surface area (Å²) in [4.78, 5) is 18.2. The number of aryl methyl sites for hydroxylation is 2. The molecule has 0 amide bonds. The maximum atomic E-state index is 11.8. The number of azo groups is 2. The van der Waals surface area contributed by atoms with E-state index >= 15 is 0 Å². The molecule has 17 heteroatoms. The van der Waals surface area contributed by atoms with Gasteiger partial charge in [0, 0.05) is 43.3 Å². The highest BCUT2D eigenvalue weighted by atomic mass is 32.2. The van der Waals surface area contributed by atoms with Gasteiger partial charge in [0.1, 0.15) is 11.4 Å². The number of hydrogen-bond donors (Lipinski definition) is 4. The minimum Gasteiger partial charge on any atom is -0.396 e. The van der Waals surface area contributed by atoms with Crippen LogP contribution in [0.2, 0.25) is 0 Å². The number of aliphatic hydroxyl groups is 1. The van der Waals surface area contributed by atoms with Crippen molar-refractivity contribution in [3.63, 3.8) is 0 Å². The molecule has 5 rings (SSSR count). The monoisotopic (exact) mass is 797 g/mol. The minimum absolute atomic E-state index is 0.0775. The number of hydrogen-bond acceptors (Lipinski definition) is 15. The quantitative estimate of drug-likeness (QED) is 0.0373. The summed E-state index contributed by atoms with van der Waals surface area (Å²) < 4.78 is 33.3. The van der Waals surface area contributed by atoms with Gasteiger partial charge in [0.2, 0.25) is 11.9 Å². The largest absolute Gasteiger partial charge is 0.396 e. The van der Waals surface area contributed by atoms with E-state index in [2.05, 4.69) is 78.6 Å². The van der Waals surface area contributed by atoms with Crippen molar-refractivity contribution in [3.8, 4) is 0 Å². The number of benzene rings is 4. The van der Waals surface area contributed by atoms with Crippen LogP contribution < -0.4 is 20.4 Å². The Morgan fingerprint density at radius 3 is 1.64 bits per heavy atom. The normalized spacial score (nSPS) is 11.7. The molecule has 0 aliphatic rings. The molecule has 0 atom stereocenters. The molecule has 4 N–H and O–H groups in total. The number of aliphatic hydroxyl groups excluding tert-OH is 1. The van der Waals surface area contributed by atoms with Crippen LogP contribution in [0, 0.1) is 13.8 Å². The molecule has 0 fully saturated rings. The van der Waals surface area contributed by atoms with E-state index in [9.17, 15) is 18.1 Å². The molecular weight excluding hydrogens is 751 g/mol. The van der Waals surface area contributed by atoms with E-state index in [4.69, 9.17) is 4.98 Å². The number of anilines is 6. The van der Waals surface area contributed by atoms with Crippen LogP contribution in [0.25, 0.3) is 0 Å². The fourth-order valence-electron chi connectivity index (χ4n) is 5.65. The summed E-state index contributed by atoms with van der Waals surface area (Å²) >= 11 is 1.27. The van der Waals surface area contributed by atoms with E-state index in [1.165, 1.54) is 23.9 Å². The lowest BCUT2D eigenvalue weighted by Crippen LogP contribution is -2.21. The number of thioether (sulfide) groups is 1. The Bertz CT molecular complexity index is 2300. The van der Waals surface area contributed by atoms with Crippen LogP contribution in [0.15, 0.2) is 109 Å². The van der Waals surface area contributed by atoms with Gasteiger partial charge in [0.05, 0.1) is 34.3 Å². The van der Waals surface area contributed by atoms with Gasteiger partial charge in [-0.05, 0) is 107 Å². The first-order valence-electron chi connectivity index (χ1n) is 18.2. The average Bonchev–Trinajstić information content (AvgIpc) is 3.18. The van der Waals surface area contributed by atoms with Gasteiger partial charge in [0.15, 0.2) is 5.16 Å². The summed E-state index contributed by atoms with van der Waals surface area (Å²) in [7, 11) is -4.44. The van der Waals surface area contributed by atoms with Crippen LogP contribution in [0.4, 0.5) is 57.4 Å². The molecule has 1 heterocycles. The fraction of sp³-hybridized carbons (Fsp3) is 0.308. The summed E-state index contributed by atoms with van der Waals surface area (Å²) in [6, 6.07) is 23.4. The van der Waals surface area contributed by atoms with Gasteiger partial charge in [-0.2, -0.15) is 33.6 Å². The first kappa shape index (κ1) is 41.7. The van der Waals surface area contributed by atoms with Gasteiger partial charge in [-0.1, -0.05) is 36.0 Å². The Morgan fingerprint density at radius 1 is 0.643 bits per heavy atom. The van der Waals surface area contributed by atoms with Gasteiger partial charge < -0.3 is 25.5 Å². The molecule has 0 unspecified atom stereocenters. The standard InChI is InChI=1S/C39H47N11O4S2/c1-7-49(8-2)28-16-19-32(46-45-31-14-12-11-13-26(31)5)35(23-28)40-37-42-38(44-39(43-37)55-22-21-51)41-36-24-29(50(9-3)10-4)17-20-33(36)47-48-34-25-30(56(52,53)54)18-15-27(34)6/h11-20,23-25,51H,7-10,21-22H2,1-6H3,(H,52,53,54)(H2,40,41,42,43,44)/b46-45+,48-47+. The van der Waals surface area contributed by atoms with Crippen molar-refractivity contribution < 1.29 is 18.1 Å². The molecule has 5 aromatic rings. The van der Waals surface area contributed by atoms with Crippen LogP contribution in [-0.2, 0) is 10.1 Å². The SMILES string of the molecule is CCN(CC)c1ccc(/N=N/c2ccccc2C)c(Nc2nc(Nc3cc(N(CC)CC)ccc3/N=N/c3cc(S(=O)(=O)O)ccc3C)nc(SCCO)n2)c1. The second kappa shape index (κ2) is 19.4. The first-order valence-corrected chi connectivity index (χ1v) is 20.7. The van der Waals surface area contributed by atoms with Crippen LogP contribution in [-0.4, -0.2) is 71.6 Å². The van der Waals surface area contributed by atoms with Crippen molar-refractivity contribution in [1.82, 2.24) is 15.0 Å². The van der Waals surface area contributed by atoms with E-state index in [-0.39, 0.29) is 29.1 Å². The molecule has 0 bridgehead atoms. The molecule has 0 spiro atoms. The summed E-state index contributed by atoms with van der Waals surface area (Å²) in [5.41, 5.74) is 6.73. The van der Waals surface area contributed by atoms with Crippen molar-refractivity contribution in [2.45, 2.75) is 51.6 Å². The summed E-state index contributed by atoms with van der Waals surface area (Å²) in [6.07, 6.45) is 0. The predicted octanol–water partition coefficient (Wildman–Crippen LogP) is 9.83. The van der Waals surface area contributed by atoms with Crippen LogP contribution >= 0.6 is 11.8 Å².